The van der Waals surface area contributed by atoms with Gasteiger partial charge in [-0.3, -0.25) is 0 Å². The summed E-state index contributed by atoms with van der Waals surface area (Å²) < 4.78 is 18.6. The van der Waals surface area contributed by atoms with Gasteiger partial charge in [-0.25, -0.2) is 19.1 Å². The number of nitrogens with one attached hydrogen (secondary N) is 2. The van der Waals surface area contributed by atoms with E-state index in [0.717, 1.165) is 0 Å². The van der Waals surface area contributed by atoms with Gasteiger partial charge >= 0.3 is 6.03 Å². The molecule has 0 aliphatic heterocycles. The topological polar surface area (TPSA) is 79.4 Å². The summed E-state index contributed by atoms with van der Waals surface area (Å²) in [5.41, 5.74) is 0.492. The van der Waals surface area contributed by atoms with Gasteiger partial charge in [-0.2, -0.15) is 4.98 Å². The summed E-state index contributed by atoms with van der Waals surface area (Å²) in [6.07, 6.45) is 1.49. The molecule has 1 aromatic heterocycles. The lowest BCUT2D eigenvalue weighted by Crippen LogP contribution is -2.32. The van der Waals surface area contributed by atoms with Gasteiger partial charge in [0.25, 0.3) is 0 Å². The summed E-state index contributed by atoms with van der Waals surface area (Å²) in [4.78, 5) is 23.1. The molecule has 3 aromatic rings. The van der Waals surface area contributed by atoms with Crippen LogP contribution in [0.2, 0.25) is 15.1 Å². The summed E-state index contributed by atoms with van der Waals surface area (Å²) >= 11 is 18.5. The molecule has 0 radical (unpaired) electrons. The Morgan fingerprint density at radius 3 is 2.50 bits per heavy atom. The zero-order valence-electron chi connectivity index (χ0n) is 17.1. The van der Waals surface area contributed by atoms with E-state index in [9.17, 15) is 9.18 Å². The Balaban J connectivity index is 1.99. The zero-order chi connectivity index (χ0) is 23.3. The molecule has 32 heavy (non-hydrogen) atoms. The Morgan fingerprint density at radius 1 is 1.12 bits per heavy atom. The molecule has 2 N–H and O–H groups in total. The van der Waals surface area contributed by atoms with E-state index in [1.165, 1.54) is 53.6 Å². The first kappa shape index (κ1) is 24.0. The molecule has 1 unspecified atom stereocenters. The number of halogens is 4. The van der Waals surface area contributed by atoms with Gasteiger partial charge in [-0.05, 0) is 43.3 Å². The van der Waals surface area contributed by atoms with Crippen LogP contribution in [0, 0.1) is 5.82 Å². The molecule has 2 amide bonds. The highest BCUT2D eigenvalue weighted by Crippen LogP contribution is 2.37. The van der Waals surface area contributed by atoms with Crippen LogP contribution in [0.4, 0.5) is 32.3 Å². The van der Waals surface area contributed by atoms with Gasteiger partial charge in [0.1, 0.15) is 11.6 Å². The molecule has 3 rings (SSSR count). The van der Waals surface area contributed by atoms with Gasteiger partial charge in [-0.1, -0.05) is 34.8 Å². The van der Waals surface area contributed by atoms with E-state index in [0.29, 0.717) is 12.3 Å². The predicted octanol–water partition coefficient (Wildman–Crippen LogP) is 6.39. The Labute approximate surface area is 199 Å². The van der Waals surface area contributed by atoms with Crippen molar-refractivity contribution >= 4 is 64.0 Å². The number of rotatable bonds is 7. The van der Waals surface area contributed by atoms with E-state index >= 15 is 0 Å². The SMILES string of the molecule is COCC(C)Nc1nccc(N(C(=O)Nc2c(Cl)ccc(Cl)c2Cl)c2ccc(F)cc2)n1. The third-order valence-electron chi connectivity index (χ3n) is 4.23. The average Bonchev–Trinajstić information content (AvgIpc) is 2.76. The smallest absolute Gasteiger partial charge is 0.332 e. The Hall–Kier alpha value is -2.65. The van der Waals surface area contributed by atoms with Crippen molar-refractivity contribution < 1.29 is 13.9 Å². The van der Waals surface area contributed by atoms with Crippen molar-refractivity contribution in [2.24, 2.45) is 0 Å². The van der Waals surface area contributed by atoms with Crippen LogP contribution in [0.5, 0.6) is 0 Å². The maximum Gasteiger partial charge on any atom is 0.332 e. The highest BCUT2D eigenvalue weighted by molar-refractivity contribution is 6.46. The zero-order valence-corrected chi connectivity index (χ0v) is 19.3. The van der Waals surface area contributed by atoms with Crippen molar-refractivity contribution in [1.82, 2.24) is 9.97 Å². The molecule has 0 fully saturated rings. The monoisotopic (exact) mass is 497 g/mol. The molecule has 0 saturated carbocycles. The van der Waals surface area contributed by atoms with Gasteiger partial charge in [0.05, 0.1) is 33.0 Å². The largest absolute Gasteiger partial charge is 0.383 e. The number of aromatic nitrogens is 2. The fourth-order valence-electron chi connectivity index (χ4n) is 2.80. The lowest BCUT2D eigenvalue weighted by atomic mass is 10.2. The van der Waals surface area contributed by atoms with Gasteiger partial charge in [-0.15, -0.1) is 0 Å². The van der Waals surface area contributed by atoms with Crippen LogP contribution in [-0.4, -0.2) is 35.8 Å². The second-order valence-corrected chi connectivity index (χ2v) is 7.89. The van der Waals surface area contributed by atoms with Crippen LogP contribution in [0.3, 0.4) is 0 Å². The number of hydrogen-bond acceptors (Lipinski definition) is 5. The fraction of sp³-hybridized carbons (Fsp3) is 0.190. The van der Waals surface area contributed by atoms with Crippen LogP contribution in [0.1, 0.15) is 6.92 Å². The maximum absolute atomic E-state index is 13.5. The number of ether oxygens (including phenoxy) is 1. The molecule has 0 saturated heterocycles. The first-order valence-electron chi connectivity index (χ1n) is 9.39. The first-order valence-corrected chi connectivity index (χ1v) is 10.5. The highest BCUT2D eigenvalue weighted by Gasteiger charge is 2.23. The Kier molecular flexibility index (Phi) is 8.09. The molecule has 0 spiro atoms. The third-order valence-corrected chi connectivity index (χ3v) is 5.35. The van der Waals surface area contributed by atoms with Crippen LogP contribution in [0.25, 0.3) is 0 Å². The van der Waals surface area contributed by atoms with Gasteiger partial charge in [0, 0.05) is 25.4 Å². The maximum atomic E-state index is 13.5. The van der Waals surface area contributed by atoms with Crippen LogP contribution < -0.4 is 15.5 Å². The molecule has 0 bridgehead atoms. The number of carbonyl (C=O) groups excluding carboxylic acids is 1. The standard InChI is InChI=1S/C21H19Cl3FN5O2/c1-12(11-32-2)27-20-26-10-9-17(28-20)30(14-5-3-13(25)4-6-14)21(31)29-19-16(23)8-7-15(22)18(19)24/h3-10,12H,11H2,1-2H3,(H,29,31)(H,26,27,28). The quantitative estimate of drug-likeness (QED) is 0.369. The molecular weight excluding hydrogens is 480 g/mol. The highest BCUT2D eigenvalue weighted by atomic mass is 35.5. The number of nitrogens with zero attached hydrogens (tertiary/aromatic N) is 3. The number of carbonyl (C=O) groups is 1. The van der Waals surface area contributed by atoms with E-state index < -0.39 is 11.8 Å². The van der Waals surface area contributed by atoms with Crippen molar-refractivity contribution in [3.63, 3.8) is 0 Å². The molecular formula is C21H19Cl3FN5O2. The normalized spacial score (nSPS) is 11.7. The molecule has 2 aromatic carbocycles. The van der Waals surface area contributed by atoms with Crippen LogP contribution in [0.15, 0.2) is 48.7 Å². The first-order chi connectivity index (χ1) is 15.3. The van der Waals surface area contributed by atoms with Gasteiger partial charge < -0.3 is 15.4 Å². The van der Waals surface area contributed by atoms with Crippen molar-refractivity contribution in [3.8, 4) is 0 Å². The van der Waals surface area contributed by atoms with E-state index in [-0.39, 0.29) is 38.6 Å². The Bertz CT molecular complexity index is 1100. The predicted molar refractivity (Wildman–Crippen MR) is 126 cm³/mol. The summed E-state index contributed by atoms with van der Waals surface area (Å²) in [5, 5.41) is 6.25. The van der Waals surface area contributed by atoms with Crippen LogP contribution >= 0.6 is 34.8 Å². The third kappa shape index (κ3) is 5.77. The summed E-state index contributed by atoms with van der Waals surface area (Å²) in [6.45, 7) is 2.33. The van der Waals surface area contributed by atoms with Gasteiger partial charge in [0.15, 0.2) is 0 Å². The van der Waals surface area contributed by atoms with Crippen molar-refractivity contribution in [1.29, 1.82) is 0 Å². The second-order valence-electron chi connectivity index (χ2n) is 6.70. The number of hydrogen-bond donors (Lipinski definition) is 2. The average molecular weight is 499 g/mol. The Morgan fingerprint density at radius 2 is 1.81 bits per heavy atom. The lowest BCUT2D eigenvalue weighted by molar-refractivity contribution is 0.190. The van der Waals surface area contributed by atoms with E-state index in [2.05, 4.69) is 20.6 Å². The molecule has 7 nitrogen and oxygen atoms in total. The fourth-order valence-corrected chi connectivity index (χ4v) is 3.43. The second kappa shape index (κ2) is 10.8. The molecule has 0 aliphatic rings. The molecule has 1 atom stereocenters. The van der Waals surface area contributed by atoms with E-state index in [1.54, 1.807) is 7.11 Å². The minimum atomic E-state index is -0.641. The van der Waals surface area contributed by atoms with E-state index in [1.807, 2.05) is 6.92 Å². The van der Waals surface area contributed by atoms with Crippen molar-refractivity contribution in [3.05, 3.63) is 69.5 Å². The minimum absolute atomic E-state index is 0.0765. The molecule has 1 heterocycles. The van der Waals surface area contributed by atoms with E-state index in [4.69, 9.17) is 39.5 Å². The minimum Gasteiger partial charge on any atom is -0.383 e. The summed E-state index contributed by atoms with van der Waals surface area (Å²) in [5.74, 6) is 0.0600. The number of amides is 2. The van der Waals surface area contributed by atoms with Crippen molar-refractivity contribution in [2.45, 2.75) is 13.0 Å². The molecule has 11 heteroatoms. The number of urea groups is 1. The number of anilines is 4. The number of methoxy groups -OCH3 is 1. The van der Waals surface area contributed by atoms with Crippen LogP contribution in [-0.2, 0) is 4.74 Å². The summed E-state index contributed by atoms with van der Waals surface area (Å²) in [7, 11) is 1.59. The lowest BCUT2D eigenvalue weighted by Gasteiger charge is -2.24. The molecule has 0 aliphatic carbocycles. The summed E-state index contributed by atoms with van der Waals surface area (Å²) in [6, 6.07) is 9.20. The molecule has 168 valence electrons. The van der Waals surface area contributed by atoms with Gasteiger partial charge in [0.2, 0.25) is 5.95 Å². The van der Waals surface area contributed by atoms with Crippen molar-refractivity contribution in [2.75, 3.05) is 29.3 Å². The number of benzene rings is 2.